The molecule has 0 aliphatic rings. The van der Waals surface area contributed by atoms with Crippen LogP contribution in [0.4, 0.5) is 0 Å². The standard InChI is InChI=1S/C4H5BO3/c6-5-8-4-2-1-3-7-4/h1-3,5-6H. The van der Waals surface area contributed by atoms with Gasteiger partial charge in [-0.2, -0.15) is 0 Å². The molecule has 0 spiro atoms. The maximum Gasteiger partial charge on any atom is 0.506 e. The summed E-state index contributed by atoms with van der Waals surface area (Å²) in [7, 11) is -0.340. The van der Waals surface area contributed by atoms with Gasteiger partial charge in [-0.05, 0) is 6.07 Å². The lowest BCUT2D eigenvalue weighted by molar-refractivity contribution is 0.358. The molecule has 0 atom stereocenters. The first kappa shape index (κ1) is 5.25. The van der Waals surface area contributed by atoms with Crippen LogP contribution >= 0.6 is 0 Å². The van der Waals surface area contributed by atoms with Gasteiger partial charge in [-0.1, -0.05) is 0 Å². The Kier molecular flexibility index (Phi) is 1.59. The van der Waals surface area contributed by atoms with Crippen molar-refractivity contribution in [1.82, 2.24) is 0 Å². The lowest BCUT2D eigenvalue weighted by Gasteiger charge is -1.90. The summed E-state index contributed by atoms with van der Waals surface area (Å²) in [5.41, 5.74) is 0. The highest BCUT2D eigenvalue weighted by molar-refractivity contribution is 6.17. The topological polar surface area (TPSA) is 42.6 Å². The highest BCUT2D eigenvalue weighted by Crippen LogP contribution is 2.07. The summed E-state index contributed by atoms with van der Waals surface area (Å²) in [6.07, 6.45) is 1.48. The molecule has 1 aromatic rings. The third-order valence-electron chi connectivity index (χ3n) is 0.702. The molecule has 0 unspecified atom stereocenters. The molecule has 0 aromatic carbocycles. The van der Waals surface area contributed by atoms with E-state index in [0.717, 1.165) is 0 Å². The smallest absolute Gasteiger partial charge is 0.506 e. The van der Waals surface area contributed by atoms with Crippen LogP contribution in [-0.4, -0.2) is 12.7 Å². The Morgan fingerprint density at radius 2 is 2.62 bits per heavy atom. The van der Waals surface area contributed by atoms with E-state index in [4.69, 9.17) is 9.44 Å². The van der Waals surface area contributed by atoms with Gasteiger partial charge in [-0.15, -0.1) is 0 Å². The third-order valence-corrected chi connectivity index (χ3v) is 0.702. The van der Waals surface area contributed by atoms with Crippen molar-refractivity contribution in [2.24, 2.45) is 0 Å². The molecule has 0 aliphatic carbocycles. The minimum absolute atomic E-state index is 0.340. The summed E-state index contributed by atoms with van der Waals surface area (Å²) >= 11 is 0. The summed E-state index contributed by atoms with van der Waals surface area (Å²) in [4.78, 5) is 0. The molecule has 42 valence electrons. The van der Waals surface area contributed by atoms with Crippen molar-refractivity contribution >= 4 is 7.69 Å². The van der Waals surface area contributed by atoms with E-state index in [-0.39, 0.29) is 7.69 Å². The molecule has 0 saturated carbocycles. The largest absolute Gasteiger partial charge is 0.512 e. The number of hydrogen-bond donors (Lipinski definition) is 1. The minimum atomic E-state index is -0.340. The van der Waals surface area contributed by atoms with Gasteiger partial charge >= 0.3 is 7.69 Å². The van der Waals surface area contributed by atoms with Gasteiger partial charge in [0.05, 0.1) is 6.26 Å². The van der Waals surface area contributed by atoms with Crippen LogP contribution in [0.3, 0.4) is 0 Å². The lowest BCUT2D eigenvalue weighted by atomic mass is 10.4. The fourth-order valence-electron chi connectivity index (χ4n) is 0.409. The van der Waals surface area contributed by atoms with Crippen molar-refractivity contribution in [3.8, 4) is 5.95 Å². The van der Waals surface area contributed by atoms with Crippen LogP contribution in [0.2, 0.25) is 0 Å². The first-order chi connectivity index (χ1) is 3.93. The van der Waals surface area contributed by atoms with E-state index >= 15 is 0 Å². The average molecular weight is 112 g/mol. The fraction of sp³-hybridized carbons (Fsp3) is 0. The van der Waals surface area contributed by atoms with E-state index in [1.807, 2.05) is 0 Å². The van der Waals surface area contributed by atoms with Gasteiger partial charge in [0.1, 0.15) is 0 Å². The zero-order valence-corrected chi connectivity index (χ0v) is 4.20. The Morgan fingerprint density at radius 1 is 1.75 bits per heavy atom. The van der Waals surface area contributed by atoms with E-state index in [9.17, 15) is 0 Å². The van der Waals surface area contributed by atoms with Gasteiger partial charge in [0.15, 0.2) is 0 Å². The van der Waals surface area contributed by atoms with Crippen molar-refractivity contribution in [1.29, 1.82) is 0 Å². The van der Waals surface area contributed by atoms with Crippen molar-refractivity contribution < 1.29 is 14.1 Å². The zero-order valence-electron chi connectivity index (χ0n) is 4.20. The first-order valence-electron chi connectivity index (χ1n) is 2.20. The Morgan fingerprint density at radius 3 is 3.12 bits per heavy atom. The number of rotatable bonds is 2. The van der Waals surface area contributed by atoms with E-state index in [0.29, 0.717) is 5.95 Å². The van der Waals surface area contributed by atoms with Gasteiger partial charge in [0, 0.05) is 6.07 Å². The summed E-state index contributed by atoms with van der Waals surface area (Å²) in [5.74, 6) is 0.340. The average Bonchev–Trinajstić information content (AvgIpc) is 2.19. The summed E-state index contributed by atoms with van der Waals surface area (Å²) < 4.78 is 9.23. The summed E-state index contributed by atoms with van der Waals surface area (Å²) in [6, 6.07) is 3.31. The van der Waals surface area contributed by atoms with Crippen molar-refractivity contribution in [3.05, 3.63) is 18.4 Å². The van der Waals surface area contributed by atoms with Gasteiger partial charge in [0.25, 0.3) is 5.95 Å². The normalized spacial score (nSPS) is 8.62. The predicted octanol–water partition coefficient (Wildman–Crippen LogP) is -0.0828. The molecule has 4 heteroatoms. The molecule has 1 heterocycles. The molecular weight excluding hydrogens is 107 g/mol. The molecule has 3 nitrogen and oxygen atoms in total. The Balaban J connectivity index is 2.50. The van der Waals surface area contributed by atoms with Crippen LogP contribution in [0.15, 0.2) is 22.8 Å². The molecule has 8 heavy (non-hydrogen) atoms. The molecule has 1 N–H and O–H groups in total. The summed E-state index contributed by atoms with van der Waals surface area (Å²) in [5, 5.41) is 8.16. The Bertz CT molecular complexity index is 137. The van der Waals surface area contributed by atoms with Crippen molar-refractivity contribution in [3.63, 3.8) is 0 Å². The van der Waals surface area contributed by atoms with Crippen LogP contribution in [0, 0.1) is 0 Å². The second kappa shape index (κ2) is 2.42. The van der Waals surface area contributed by atoms with Gasteiger partial charge < -0.3 is 14.1 Å². The SMILES string of the molecule is OBOc1ccco1. The number of furan rings is 1. The molecule has 0 saturated heterocycles. The molecule has 1 rings (SSSR count). The molecule has 0 bridgehead atoms. The van der Waals surface area contributed by atoms with Gasteiger partial charge in [-0.3, -0.25) is 0 Å². The molecule has 1 aromatic heterocycles. The second-order valence-electron chi connectivity index (χ2n) is 1.21. The zero-order chi connectivity index (χ0) is 5.82. The van der Waals surface area contributed by atoms with Crippen molar-refractivity contribution in [2.75, 3.05) is 0 Å². The van der Waals surface area contributed by atoms with Crippen molar-refractivity contribution in [2.45, 2.75) is 0 Å². The first-order valence-corrected chi connectivity index (χ1v) is 2.20. The van der Waals surface area contributed by atoms with Gasteiger partial charge in [-0.25, -0.2) is 0 Å². The predicted molar refractivity (Wildman–Crippen MR) is 28.7 cm³/mol. The molecule has 0 amide bonds. The van der Waals surface area contributed by atoms with Crippen LogP contribution in [0.5, 0.6) is 5.95 Å². The van der Waals surface area contributed by atoms with E-state index in [2.05, 4.69) is 4.65 Å². The quantitative estimate of drug-likeness (QED) is 0.544. The Labute approximate surface area is 47.2 Å². The molecule has 0 fully saturated rings. The van der Waals surface area contributed by atoms with E-state index < -0.39 is 0 Å². The summed E-state index contributed by atoms with van der Waals surface area (Å²) in [6.45, 7) is 0. The molecule has 0 radical (unpaired) electrons. The molecular formula is C4H5BO3. The monoisotopic (exact) mass is 112 g/mol. The van der Waals surface area contributed by atoms with Crippen LogP contribution < -0.4 is 4.65 Å². The fourth-order valence-corrected chi connectivity index (χ4v) is 0.409. The van der Waals surface area contributed by atoms with Crippen LogP contribution in [0.25, 0.3) is 0 Å². The minimum Gasteiger partial charge on any atom is -0.512 e. The maximum absolute atomic E-state index is 8.16. The maximum atomic E-state index is 8.16. The highest BCUT2D eigenvalue weighted by atomic mass is 16.6. The third kappa shape index (κ3) is 1.04. The second-order valence-corrected chi connectivity index (χ2v) is 1.21. The number of hydrogen-bond acceptors (Lipinski definition) is 3. The van der Waals surface area contributed by atoms with Crippen LogP contribution in [0.1, 0.15) is 0 Å². The lowest BCUT2D eigenvalue weighted by Crippen LogP contribution is -1.97. The highest BCUT2D eigenvalue weighted by Gasteiger charge is 1.91. The van der Waals surface area contributed by atoms with Gasteiger partial charge in [0.2, 0.25) is 0 Å². The van der Waals surface area contributed by atoms with E-state index in [1.165, 1.54) is 6.26 Å². The molecule has 0 aliphatic heterocycles. The van der Waals surface area contributed by atoms with Crippen LogP contribution in [-0.2, 0) is 0 Å². The van der Waals surface area contributed by atoms with E-state index in [1.54, 1.807) is 12.1 Å². The Hall–Kier alpha value is -0.895.